The fourth-order valence-electron chi connectivity index (χ4n) is 2.00. The van der Waals surface area contributed by atoms with Crippen LogP contribution in [0.15, 0.2) is 47.9 Å². The molecule has 6 nitrogen and oxygen atoms in total. The Hall–Kier alpha value is -3.82. The summed E-state index contributed by atoms with van der Waals surface area (Å²) in [4.78, 5) is 11.7. The minimum absolute atomic E-state index is 0.0123. The predicted octanol–water partition coefficient (Wildman–Crippen LogP) is 2.84. The number of nitrogens with one attached hydrogen (secondary N) is 1. The van der Waals surface area contributed by atoms with Gasteiger partial charge in [0.15, 0.2) is 0 Å². The van der Waals surface area contributed by atoms with Gasteiger partial charge in [-0.15, -0.1) is 0 Å². The van der Waals surface area contributed by atoms with Gasteiger partial charge < -0.3 is 0 Å². The molecule has 2 rings (SSSR count). The lowest BCUT2D eigenvalue weighted by Gasteiger charge is -2.01. The predicted molar refractivity (Wildman–Crippen MR) is 97.4 cm³/mol. The third-order valence-corrected chi connectivity index (χ3v) is 4.32. The number of sulfonamides is 1. The maximum absolute atomic E-state index is 13.7. The Morgan fingerprint density at radius 2 is 1.43 bits per heavy atom. The first-order valence-corrected chi connectivity index (χ1v) is 9.11. The van der Waals surface area contributed by atoms with Crippen molar-refractivity contribution in [2.75, 3.05) is 0 Å². The first-order chi connectivity index (χ1) is 13.2. The smallest absolute Gasteiger partial charge is 0.257 e. The molecule has 1 N–H and O–H groups in total. The van der Waals surface area contributed by atoms with Crippen molar-refractivity contribution in [2.24, 2.45) is 0 Å². The molecule has 2 aromatic carbocycles. The van der Waals surface area contributed by atoms with E-state index >= 15 is 0 Å². The summed E-state index contributed by atoms with van der Waals surface area (Å²) in [5.74, 6) is -2.59. The number of amides is 1. The van der Waals surface area contributed by atoms with Gasteiger partial charge in [0, 0.05) is 17.2 Å². The Bertz CT molecular complexity index is 1170. The zero-order valence-corrected chi connectivity index (χ0v) is 14.9. The highest BCUT2D eigenvalue weighted by atomic mass is 32.2. The number of hydrogen-bond donors (Lipinski definition) is 1. The molecule has 140 valence electrons. The molecule has 2 aromatic rings. The van der Waals surface area contributed by atoms with E-state index < -0.39 is 27.6 Å². The lowest BCUT2D eigenvalue weighted by atomic mass is 10.1. The second-order valence-electron chi connectivity index (χ2n) is 5.34. The van der Waals surface area contributed by atoms with Gasteiger partial charge in [0.1, 0.15) is 11.6 Å². The van der Waals surface area contributed by atoms with Crippen LogP contribution < -0.4 is 4.72 Å². The molecule has 1 amide bonds. The van der Waals surface area contributed by atoms with Crippen molar-refractivity contribution in [1.82, 2.24) is 4.72 Å². The van der Waals surface area contributed by atoms with Gasteiger partial charge >= 0.3 is 0 Å². The van der Waals surface area contributed by atoms with Gasteiger partial charge in [-0.1, -0.05) is 12.1 Å². The Labute approximate surface area is 159 Å². The van der Waals surface area contributed by atoms with Gasteiger partial charge in [-0.05, 0) is 36.4 Å². The van der Waals surface area contributed by atoms with Crippen molar-refractivity contribution in [3.05, 3.63) is 81.8 Å². The van der Waals surface area contributed by atoms with Crippen LogP contribution >= 0.6 is 0 Å². The summed E-state index contributed by atoms with van der Waals surface area (Å²) in [5, 5.41) is 17.9. The zero-order chi connectivity index (χ0) is 20.7. The fourth-order valence-corrected chi connectivity index (χ4v) is 2.74. The van der Waals surface area contributed by atoms with Crippen molar-refractivity contribution in [3.63, 3.8) is 0 Å². The molecule has 0 aliphatic carbocycles. The molecule has 9 heteroatoms. The highest BCUT2D eigenvalue weighted by molar-refractivity contribution is 7.93. The summed E-state index contributed by atoms with van der Waals surface area (Å²) in [6.45, 7) is 0. The van der Waals surface area contributed by atoms with Gasteiger partial charge in [0.25, 0.3) is 15.9 Å². The van der Waals surface area contributed by atoms with Crippen LogP contribution in [-0.4, -0.2) is 14.3 Å². The quantitative estimate of drug-likeness (QED) is 0.777. The highest BCUT2D eigenvalue weighted by Gasteiger charge is 2.10. The van der Waals surface area contributed by atoms with Crippen molar-refractivity contribution < 1.29 is 22.0 Å². The number of rotatable bonds is 5. The summed E-state index contributed by atoms with van der Waals surface area (Å²) in [7, 11) is -4.24. The molecule has 0 aromatic heterocycles. The first kappa shape index (κ1) is 20.5. The highest BCUT2D eigenvalue weighted by Crippen LogP contribution is 2.13. The molecule has 0 atom stereocenters. The second kappa shape index (κ2) is 8.71. The van der Waals surface area contributed by atoms with Crippen LogP contribution in [0, 0.1) is 34.3 Å². The molecular weight excluding hydrogens is 388 g/mol. The molecule has 0 unspecified atom stereocenters. The number of halogens is 2. The van der Waals surface area contributed by atoms with E-state index in [0.717, 1.165) is 30.4 Å². The largest absolute Gasteiger partial charge is 0.269 e. The van der Waals surface area contributed by atoms with Crippen LogP contribution in [0.5, 0.6) is 0 Å². The minimum atomic E-state index is -4.24. The molecule has 0 fully saturated rings. The van der Waals surface area contributed by atoms with Gasteiger partial charge in [0.2, 0.25) is 0 Å². The third kappa shape index (κ3) is 5.59. The van der Waals surface area contributed by atoms with Gasteiger partial charge in [-0.3, -0.25) is 4.79 Å². The first-order valence-electron chi connectivity index (χ1n) is 7.56. The number of nitriles is 2. The summed E-state index contributed by atoms with van der Waals surface area (Å²) in [6, 6.07) is 10.5. The second-order valence-corrected chi connectivity index (χ2v) is 6.91. The molecule has 0 bridgehead atoms. The molecule has 28 heavy (non-hydrogen) atoms. The van der Waals surface area contributed by atoms with Crippen LogP contribution in [0.4, 0.5) is 8.78 Å². The summed E-state index contributed by atoms with van der Waals surface area (Å²) in [6.07, 6.45) is 2.78. The normalized spacial score (nSPS) is 11.3. The summed E-state index contributed by atoms with van der Waals surface area (Å²) >= 11 is 0. The number of carbonyl (C=O) groups is 1. The SMILES string of the molecule is N#Cc1ccc(C=CC(=O)NS(=O)(=O)C=Cc2ccc(C#N)cc2F)c(F)c1. The Balaban J connectivity index is 2.08. The standard InChI is InChI=1S/C19H11F2N3O3S/c20-17-9-13(11-22)1-3-15(17)5-6-19(25)24-28(26,27)8-7-16-4-2-14(12-23)10-18(16)21/h1-10H,(H,24,25). The molecule has 0 heterocycles. The van der Waals surface area contributed by atoms with E-state index in [-0.39, 0.29) is 22.3 Å². The zero-order valence-electron chi connectivity index (χ0n) is 14.1. The molecule has 0 spiro atoms. The summed E-state index contributed by atoms with van der Waals surface area (Å²) in [5.41, 5.74) is 0.0709. The number of nitrogens with zero attached hydrogens (tertiary/aromatic N) is 2. The van der Waals surface area contributed by atoms with Crippen LogP contribution in [0.2, 0.25) is 0 Å². The van der Waals surface area contributed by atoms with Crippen LogP contribution in [0.25, 0.3) is 12.2 Å². The minimum Gasteiger partial charge on any atom is -0.269 e. The van der Waals surface area contributed by atoms with E-state index in [4.69, 9.17) is 10.5 Å². The van der Waals surface area contributed by atoms with E-state index in [1.807, 2.05) is 0 Å². The lowest BCUT2D eigenvalue weighted by Crippen LogP contribution is -2.26. The number of hydrogen-bond acceptors (Lipinski definition) is 5. The monoisotopic (exact) mass is 399 g/mol. The van der Waals surface area contributed by atoms with E-state index in [2.05, 4.69) is 0 Å². The van der Waals surface area contributed by atoms with E-state index in [1.165, 1.54) is 24.3 Å². The van der Waals surface area contributed by atoms with E-state index in [1.54, 1.807) is 16.9 Å². The van der Waals surface area contributed by atoms with Gasteiger partial charge in [-0.25, -0.2) is 21.9 Å². The molecule has 0 aliphatic heterocycles. The van der Waals surface area contributed by atoms with Crippen LogP contribution in [0.3, 0.4) is 0 Å². The molecule has 0 saturated carbocycles. The fraction of sp³-hybridized carbons (Fsp3) is 0. The number of carbonyl (C=O) groups excluding carboxylic acids is 1. The topological polar surface area (TPSA) is 111 Å². The molecule has 0 radical (unpaired) electrons. The maximum atomic E-state index is 13.7. The Morgan fingerprint density at radius 1 is 0.929 bits per heavy atom. The third-order valence-electron chi connectivity index (χ3n) is 3.34. The molecule has 0 saturated heterocycles. The van der Waals surface area contributed by atoms with Gasteiger partial charge in [0.05, 0.1) is 28.7 Å². The number of benzene rings is 2. The molecule has 0 aliphatic rings. The van der Waals surface area contributed by atoms with Gasteiger partial charge in [-0.2, -0.15) is 10.5 Å². The van der Waals surface area contributed by atoms with Crippen molar-refractivity contribution in [1.29, 1.82) is 10.5 Å². The van der Waals surface area contributed by atoms with Crippen molar-refractivity contribution in [3.8, 4) is 12.1 Å². The Kier molecular flexibility index (Phi) is 6.38. The van der Waals surface area contributed by atoms with Crippen LogP contribution in [0.1, 0.15) is 22.3 Å². The van der Waals surface area contributed by atoms with E-state index in [0.29, 0.717) is 5.41 Å². The summed E-state index contributed by atoms with van der Waals surface area (Å²) < 4.78 is 52.9. The maximum Gasteiger partial charge on any atom is 0.257 e. The average molecular weight is 399 g/mol. The lowest BCUT2D eigenvalue weighted by molar-refractivity contribution is -0.114. The average Bonchev–Trinajstić information content (AvgIpc) is 2.65. The van der Waals surface area contributed by atoms with Crippen molar-refractivity contribution in [2.45, 2.75) is 0 Å². The van der Waals surface area contributed by atoms with Crippen molar-refractivity contribution >= 4 is 28.1 Å². The molecular formula is C19H11F2N3O3S. The van der Waals surface area contributed by atoms with E-state index in [9.17, 15) is 22.0 Å². The Morgan fingerprint density at radius 3 is 1.89 bits per heavy atom. The van der Waals surface area contributed by atoms with Crippen LogP contribution in [-0.2, 0) is 14.8 Å².